The number of carbonyl (C=O) groups excluding carboxylic acids is 1. The van der Waals surface area contributed by atoms with Crippen molar-refractivity contribution in [1.29, 1.82) is 0 Å². The first-order chi connectivity index (χ1) is 13.3. The SMILES string of the molecule is CNCCCCNC(=O)c1cnc(C(c2ccccc2)c2ccccc2)s1. The number of thiazole rings is 1. The van der Waals surface area contributed by atoms with Crippen molar-refractivity contribution in [2.45, 2.75) is 18.8 Å². The van der Waals surface area contributed by atoms with Gasteiger partial charge in [0.05, 0.1) is 12.1 Å². The zero-order valence-corrected chi connectivity index (χ0v) is 16.3. The van der Waals surface area contributed by atoms with Gasteiger partial charge < -0.3 is 10.6 Å². The van der Waals surface area contributed by atoms with Crippen LogP contribution in [-0.2, 0) is 0 Å². The molecule has 1 amide bonds. The van der Waals surface area contributed by atoms with Gasteiger partial charge in [0.25, 0.3) is 5.91 Å². The second kappa shape index (κ2) is 10.00. The molecule has 3 rings (SSSR count). The summed E-state index contributed by atoms with van der Waals surface area (Å²) in [5.74, 6) is -0.00217. The van der Waals surface area contributed by atoms with Crippen LogP contribution in [0.2, 0.25) is 0 Å². The molecule has 140 valence electrons. The Hall–Kier alpha value is -2.50. The van der Waals surface area contributed by atoms with Crippen LogP contribution in [0.1, 0.15) is 44.6 Å². The second-order valence-electron chi connectivity index (χ2n) is 6.38. The van der Waals surface area contributed by atoms with Crippen LogP contribution in [0.25, 0.3) is 0 Å². The summed E-state index contributed by atoms with van der Waals surface area (Å²) in [5, 5.41) is 7.04. The maximum Gasteiger partial charge on any atom is 0.263 e. The summed E-state index contributed by atoms with van der Waals surface area (Å²) in [5.41, 5.74) is 2.36. The summed E-state index contributed by atoms with van der Waals surface area (Å²) in [6.07, 6.45) is 3.71. The third kappa shape index (κ3) is 5.25. The summed E-state index contributed by atoms with van der Waals surface area (Å²) in [6, 6.07) is 20.6. The van der Waals surface area contributed by atoms with Gasteiger partial charge in [0, 0.05) is 6.54 Å². The van der Waals surface area contributed by atoms with Gasteiger partial charge in [0.2, 0.25) is 0 Å². The molecule has 0 aliphatic carbocycles. The number of amides is 1. The van der Waals surface area contributed by atoms with Crippen molar-refractivity contribution in [3.63, 3.8) is 0 Å². The maximum absolute atomic E-state index is 12.4. The Labute approximate surface area is 164 Å². The van der Waals surface area contributed by atoms with E-state index in [1.807, 2.05) is 43.4 Å². The number of carbonyl (C=O) groups is 1. The van der Waals surface area contributed by atoms with E-state index in [4.69, 9.17) is 0 Å². The highest BCUT2D eigenvalue weighted by molar-refractivity contribution is 7.13. The average molecular weight is 380 g/mol. The van der Waals surface area contributed by atoms with E-state index in [1.54, 1.807) is 6.20 Å². The Morgan fingerprint density at radius 2 is 1.56 bits per heavy atom. The highest BCUT2D eigenvalue weighted by atomic mass is 32.1. The molecule has 0 atom stereocenters. The fraction of sp³-hybridized carbons (Fsp3) is 0.273. The van der Waals surface area contributed by atoms with Gasteiger partial charge in [-0.15, -0.1) is 11.3 Å². The Balaban J connectivity index is 1.76. The van der Waals surface area contributed by atoms with E-state index >= 15 is 0 Å². The van der Waals surface area contributed by atoms with Crippen molar-refractivity contribution >= 4 is 17.2 Å². The zero-order chi connectivity index (χ0) is 18.9. The summed E-state index contributed by atoms with van der Waals surface area (Å²) in [6.45, 7) is 1.66. The Morgan fingerprint density at radius 1 is 0.963 bits per heavy atom. The van der Waals surface area contributed by atoms with Gasteiger partial charge >= 0.3 is 0 Å². The lowest BCUT2D eigenvalue weighted by molar-refractivity contribution is 0.0957. The van der Waals surface area contributed by atoms with Crippen molar-refractivity contribution in [2.75, 3.05) is 20.1 Å². The number of nitrogens with one attached hydrogen (secondary N) is 2. The average Bonchev–Trinajstić information content (AvgIpc) is 3.19. The first kappa shape index (κ1) is 19.3. The van der Waals surface area contributed by atoms with E-state index in [0.29, 0.717) is 11.4 Å². The molecule has 0 aliphatic rings. The number of aromatic nitrogens is 1. The minimum atomic E-state index is -0.0388. The summed E-state index contributed by atoms with van der Waals surface area (Å²) in [7, 11) is 1.94. The summed E-state index contributed by atoms with van der Waals surface area (Å²) < 4.78 is 0. The third-order valence-corrected chi connectivity index (χ3v) is 5.46. The maximum atomic E-state index is 12.4. The van der Waals surface area contributed by atoms with Crippen LogP contribution >= 0.6 is 11.3 Å². The van der Waals surface area contributed by atoms with E-state index in [2.05, 4.69) is 39.9 Å². The largest absolute Gasteiger partial charge is 0.351 e. The molecule has 0 saturated heterocycles. The van der Waals surface area contributed by atoms with Crippen LogP contribution in [0.15, 0.2) is 66.9 Å². The molecular weight excluding hydrogens is 354 g/mol. The molecule has 0 bridgehead atoms. The van der Waals surface area contributed by atoms with Gasteiger partial charge in [-0.2, -0.15) is 0 Å². The van der Waals surface area contributed by atoms with Crippen LogP contribution < -0.4 is 10.6 Å². The highest BCUT2D eigenvalue weighted by Crippen LogP contribution is 2.34. The predicted octanol–water partition coefficient (Wildman–Crippen LogP) is 4.05. The molecule has 1 aromatic heterocycles. The van der Waals surface area contributed by atoms with Crippen molar-refractivity contribution in [3.05, 3.63) is 87.9 Å². The molecule has 27 heavy (non-hydrogen) atoms. The quantitative estimate of drug-likeness (QED) is 0.552. The van der Waals surface area contributed by atoms with Crippen molar-refractivity contribution in [3.8, 4) is 0 Å². The number of hydrogen-bond donors (Lipinski definition) is 2. The molecule has 0 saturated carbocycles. The molecular formula is C22H25N3OS. The van der Waals surface area contributed by atoms with Crippen LogP contribution in [-0.4, -0.2) is 31.0 Å². The first-order valence-corrected chi connectivity index (χ1v) is 10.1. The number of rotatable bonds is 9. The molecule has 0 radical (unpaired) electrons. The molecule has 2 N–H and O–H groups in total. The molecule has 2 aromatic carbocycles. The lowest BCUT2D eigenvalue weighted by Crippen LogP contribution is -2.24. The fourth-order valence-corrected chi connectivity index (χ4v) is 4.00. The van der Waals surface area contributed by atoms with E-state index in [1.165, 1.54) is 22.5 Å². The lowest BCUT2D eigenvalue weighted by Gasteiger charge is -2.15. The predicted molar refractivity (Wildman–Crippen MR) is 111 cm³/mol. The van der Waals surface area contributed by atoms with Gasteiger partial charge in [-0.3, -0.25) is 4.79 Å². The summed E-state index contributed by atoms with van der Waals surface area (Å²) >= 11 is 1.47. The number of benzene rings is 2. The van der Waals surface area contributed by atoms with Gasteiger partial charge in [-0.1, -0.05) is 60.7 Å². The minimum absolute atomic E-state index is 0.0366. The zero-order valence-electron chi connectivity index (χ0n) is 15.5. The molecule has 0 spiro atoms. The van der Waals surface area contributed by atoms with E-state index in [9.17, 15) is 4.79 Å². The van der Waals surface area contributed by atoms with Crippen molar-refractivity contribution < 1.29 is 4.79 Å². The van der Waals surface area contributed by atoms with E-state index in [-0.39, 0.29) is 11.8 Å². The number of nitrogens with zero attached hydrogens (tertiary/aromatic N) is 1. The van der Waals surface area contributed by atoms with Crippen LogP contribution in [0.3, 0.4) is 0 Å². The minimum Gasteiger partial charge on any atom is -0.351 e. The topological polar surface area (TPSA) is 54.0 Å². The van der Waals surface area contributed by atoms with Crippen LogP contribution in [0.4, 0.5) is 0 Å². The molecule has 1 heterocycles. The standard InChI is InChI=1S/C22H25N3OS/c1-23-14-8-9-15-24-21(26)19-16-25-22(27-19)20(17-10-4-2-5-11-17)18-12-6-3-7-13-18/h2-7,10-13,16,20,23H,8-9,14-15H2,1H3,(H,24,26). The molecule has 0 aliphatic heterocycles. The molecule has 0 unspecified atom stereocenters. The van der Waals surface area contributed by atoms with Gasteiger partial charge in [-0.25, -0.2) is 4.98 Å². The Kier molecular flexibility index (Phi) is 7.13. The smallest absolute Gasteiger partial charge is 0.263 e. The van der Waals surface area contributed by atoms with Crippen LogP contribution in [0, 0.1) is 0 Å². The fourth-order valence-electron chi connectivity index (χ4n) is 3.01. The highest BCUT2D eigenvalue weighted by Gasteiger charge is 2.21. The Bertz CT molecular complexity index is 794. The first-order valence-electron chi connectivity index (χ1n) is 9.28. The monoisotopic (exact) mass is 379 g/mol. The van der Waals surface area contributed by atoms with E-state index in [0.717, 1.165) is 24.4 Å². The van der Waals surface area contributed by atoms with Crippen LogP contribution in [0.5, 0.6) is 0 Å². The van der Waals surface area contributed by atoms with E-state index < -0.39 is 0 Å². The normalized spacial score (nSPS) is 10.9. The Morgan fingerprint density at radius 3 is 2.15 bits per heavy atom. The second-order valence-corrected chi connectivity index (χ2v) is 7.45. The number of hydrogen-bond acceptors (Lipinski definition) is 4. The molecule has 4 nitrogen and oxygen atoms in total. The van der Waals surface area contributed by atoms with Crippen molar-refractivity contribution in [1.82, 2.24) is 15.6 Å². The molecule has 5 heteroatoms. The molecule has 0 fully saturated rings. The van der Waals surface area contributed by atoms with Gasteiger partial charge in [0.1, 0.15) is 9.88 Å². The van der Waals surface area contributed by atoms with Crippen molar-refractivity contribution in [2.24, 2.45) is 0 Å². The number of unbranched alkanes of at least 4 members (excludes halogenated alkanes) is 1. The lowest BCUT2D eigenvalue weighted by atomic mass is 9.92. The van der Waals surface area contributed by atoms with Gasteiger partial charge in [0.15, 0.2) is 0 Å². The molecule has 3 aromatic rings. The third-order valence-electron chi connectivity index (χ3n) is 4.40. The van der Waals surface area contributed by atoms with Gasteiger partial charge in [-0.05, 0) is 37.6 Å². The summed E-state index contributed by atoms with van der Waals surface area (Å²) in [4.78, 5) is 17.7.